The van der Waals surface area contributed by atoms with E-state index in [1.165, 1.54) is 31.7 Å². The summed E-state index contributed by atoms with van der Waals surface area (Å²) in [4.78, 5) is 26.5. The van der Waals surface area contributed by atoms with Crippen molar-refractivity contribution in [3.63, 3.8) is 0 Å². The maximum Gasteiger partial charge on any atom is 0.245 e. The molecule has 0 aliphatic carbocycles. The zero-order valence-corrected chi connectivity index (χ0v) is 13.7. The molecule has 1 rings (SSSR count). The molecule has 1 aromatic rings. The molecule has 0 fully saturated rings. The van der Waals surface area contributed by atoms with Gasteiger partial charge in [0.05, 0.1) is 26.5 Å². The number of ether oxygens (including phenoxy) is 2. The van der Waals surface area contributed by atoms with Crippen molar-refractivity contribution < 1.29 is 19.1 Å². The molecule has 0 radical (unpaired) electrons. The van der Waals surface area contributed by atoms with Crippen molar-refractivity contribution in [2.45, 2.75) is 19.9 Å². The Morgan fingerprint density at radius 2 is 2.00 bits per heavy atom. The summed E-state index contributed by atoms with van der Waals surface area (Å²) in [7, 11) is 2.88. The molecule has 22 heavy (non-hydrogen) atoms. The summed E-state index contributed by atoms with van der Waals surface area (Å²) in [5.41, 5.74) is 0.286. The summed E-state index contributed by atoms with van der Waals surface area (Å²) in [6.45, 7) is 3.98. The molecule has 0 N–H and O–H groups in total. The average Bonchev–Trinajstić information content (AvgIpc) is 2.55. The summed E-state index contributed by atoms with van der Waals surface area (Å²) in [6.07, 6.45) is 2.75. The second-order valence-corrected chi connectivity index (χ2v) is 4.32. The lowest BCUT2D eigenvalue weighted by molar-refractivity contribution is -0.116. The van der Waals surface area contributed by atoms with Crippen molar-refractivity contribution in [3.05, 3.63) is 6.33 Å². The lowest BCUT2D eigenvalue weighted by Crippen LogP contribution is -2.41. The fraction of sp³-hybridized carbons (Fsp3) is 0.538. The molecule has 0 aliphatic rings. The van der Waals surface area contributed by atoms with Crippen LogP contribution in [0.3, 0.4) is 0 Å². The van der Waals surface area contributed by atoms with E-state index in [9.17, 15) is 4.79 Å². The predicted molar refractivity (Wildman–Crippen MR) is 82.9 cm³/mol. The van der Waals surface area contributed by atoms with E-state index < -0.39 is 6.04 Å². The topological polar surface area (TPSA) is 86.1 Å². The van der Waals surface area contributed by atoms with Crippen molar-refractivity contribution >= 4 is 29.4 Å². The minimum absolute atomic E-state index is 0.196. The Morgan fingerprint density at radius 3 is 2.45 bits per heavy atom. The first-order chi connectivity index (χ1) is 10.6. The number of methoxy groups -OCH3 is 2. The first-order valence-corrected chi connectivity index (χ1v) is 7.10. The molecule has 1 amide bonds. The van der Waals surface area contributed by atoms with Crippen molar-refractivity contribution in [2.75, 3.05) is 31.6 Å². The lowest BCUT2D eigenvalue weighted by atomic mass is 10.2. The van der Waals surface area contributed by atoms with Gasteiger partial charge in [0.15, 0.2) is 5.69 Å². The van der Waals surface area contributed by atoms with Gasteiger partial charge in [0.2, 0.25) is 17.7 Å². The molecule has 0 bridgehead atoms. The van der Waals surface area contributed by atoms with Crippen LogP contribution in [0, 0.1) is 0 Å². The summed E-state index contributed by atoms with van der Waals surface area (Å²) >= 11 is 5.70. The molecule has 0 aromatic carbocycles. The van der Waals surface area contributed by atoms with Crippen LogP contribution in [0.5, 0.6) is 11.8 Å². The number of anilines is 1. The number of amides is 1. The predicted octanol–water partition coefficient (Wildman–Crippen LogP) is 1.48. The maximum atomic E-state index is 12.2. The van der Waals surface area contributed by atoms with E-state index in [4.69, 9.17) is 25.9 Å². The van der Waals surface area contributed by atoms with Crippen LogP contribution >= 0.6 is 11.6 Å². The van der Waals surface area contributed by atoms with E-state index >= 15 is 0 Å². The minimum Gasteiger partial charge on any atom is -0.479 e. The van der Waals surface area contributed by atoms with Crippen molar-refractivity contribution in [3.8, 4) is 11.8 Å². The van der Waals surface area contributed by atoms with Gasteiger partial charge in [-0.1, -0.05) is 5.16 Å². The largest absolute Gasteiger partial charge is 0.479 e. The molecule has 0 saturated heterocycles. The van der Waals surface area contributed by atoms with Crippen molar-refractivity contribution in [1.29, 1.82) is 0 Å². The third-order valence-electron chi connectivity index (χ3n) is 2.65. The number of nitrogens with zero attached hydrogens (tertiary/aromatic N) is 4. The van der Waals surface area contributed by atoms with Gasteiger partial charge >= 0.3 is 0 Å². The van der Waals surface area contributed by atoms with Crippen LogP contribution in [0.15, 0.2) is 11.5 Å². The molecular formula is C13H19ClN4O4. The second kappa shape index (κ2) is 9.04. The first-order valence-electron chi connectivity index (χ1n) is 6.57. The van der Waals surface area contributed by atoms with E-state index in [0.717, 1.165) is 0 Å². The van der Waals surface area contributed by atoms with Crippen LogP contribution in [-0.4, -0.2) is 54.8 Å². The number of hydrogen-bond acceptors (Lipinski definition) is 7. The third kappa shape index (κ3) is 4.20. The number of rotatable bonds is 8. The molecule has 1 atom stereocenters. The Labute approximate surface area is 134 Å². The van der Waals surface area contributed by atoms with Gasteiger partial charge in [-0.15, -0.1) is 11.6 Å². The molecule has 122 valence electrons. The van der Waals surface area contributed by atoms with Gasteiger partial charge in [-0.25, -0.2) is 0 Å². The van der Waals surface area contributed by atoms with Crippen LogP contribution in [0.4, 0.5) is 5.69 Å². The summed E-state index contributed by atoms with van der Waals surface area (Å²) in [5, 5.41) is 3.78. The number of halogens is 1. The van der Waals surface area contributed by atoms with E-state index in [1.807, 2.05) is 0 Å². The molecule has 8 nitrogen and oxygen atoms in total. The standard InChI is InChI=1S/C13H19ClN4O4/c1-5-22-17-7-9(2)18(10(19)6-14)11-12(20-3)15-8-16-13(11)21-4/h7-9H,5-6H2,1-4H3. The highest BCUT2D eigenvalue weighted by molar-refractivity contribution is 6.29. The quantitative estimate of drug-likeness (QED) is 0.407. The lowest BCUT2D eigenvalue weighted by Gasteiger charge is -2.27. The van der Waals surface area contributed by atoms with Crippen LogP contribution < -0.4 is 14.4 Å². The fourth-order valence-electron chi connectivity index (χ4n) is 1.74. The van der Waals surface area contributed by atoms with E-state index in [1.54, 1.807) is 13.8 Å². The van der Waals surface area contributed by atoms with Crippen LogP contribution in [0.1, 0.15) is 13.8 Å². The zero-order chi connectivity index (χ0) is 16.5. The molecule has 0 saturated carbocycles. The van der Waals surface area contributed by atoms with Gasteiger partial charge in [0.1, 0.15) is 18.8 Å². The summed E-state index contributed by atoms with van der Waals surface area (Å²) < 4.78 is 10.4. The van der Waals surface area contributed by atoms with Gasteiger partial charge in [-0.2, -0.15) is 9.97 Å². The van der Waals surface area contributed by atoms with Gasteiger partial charge in [-0.3, -0.25) is 9.69 Å². The Hall–Kier alpha value is -2.09. The number of carbonyl (C=O) groups excluding carboxylic acids is 1. The molecule has 1 unspecified atom stereocenters. The smallest absolute Gasteiger partial charge is 0.245 e. The van der Waals surface area contributed by atoms with E-state index in [-0.39, 0.29) is 29.2 Å². The van der Waals surface area contributed by atoms with Gasteiger partial charge in [0.25, 0.3) is 0 Å². The highest BCUT2D eigenvalue weighted by Crippen LogP contribution is 2.35. The molecular weight excluding hydrogens is 312 g/mol. The van der Waals surface area contributed by atoms with E-state index in [0.29, 0.717) is 6.61 Å². The van der Waals surface area contributed by atoms with Crippen LogP contribution in [0.25, 0.3) is 0 Å². The molecule has 0 aliphatic heterocycles. The fourth-order valence-corrected chi connectivity index (χ4v) is 1.87. The van der Waals surface area contributed by atoms with Crippen molar-refractivity contribution in [1.82, 2.24) is 9.97 Å². The maximum absolute atomic E-state index is 12.2. The van der Waals surface area contributed by atoms with Crippen molar-refractivity contribution in [2.24, 2.45) is 5.16 Å². The molecule has 9 heteroatoms. The summed E-state index contributed by atoms with van der Waals surface area (Å²) in [6, 6.07) is -0.466. The average molecular weight is 331 g/mol. The third-order valence-corrected chi connectivity index (χ3v) is 2.88. The monoisotopic (exact) mass is 330 g/mol. The first kappa shape index (κ1) is 18.0. The number of alkyl halides is 1. The molecule has 1 aromatic heterocycles. The Kier molecular flexibility index (Phi) is 7.38. The molecule has 0 spiro atoms. The molecule has 1 heterocycles. The van der Waals surface area contributed by atoms with Crippen LogP contribution in [0.2, 0.25) is 0 Å². The number of aromatic nitrogens is 2. The van der Waals surface area contributed by atoms with Gasteiger partial charge < -0.3 is 14.3 Å². The summed E-state index contributed by atoms with van der Waals surface area (Å²) in [5.74, 6) is -0.207. The van der Waals surface area contributed by atoms with Crippen LogP contribution in [-0.2, 0) is 9.63 Å². The second-order valence-electron chi connectivity index (χ2n) is 4.05. The van der Waals surface area contributed by atoms with Gasteiger partial charge in [-0.05, 0) is 13.8 Å². The highest BCUT2D eigenvalue weighted by atomic mass is 35.5. The Bertz CT molecular complexity index is 505. The Balaban J connectivity index is 3.31. The minimum atomic E-state index is -0.466. The van der Waals surface area contributed by atoms with Gasteiger partial charge in [0, 0.05) is 0 Å². The Morgan fingerprint density at radius 1 is 1.41 bits per heavy atom. The number of carbonyl (C=O) groups is 1. The van der Waals surface area contributed by atoms with E-state index in [2.05, 4.69) is 15.1 Å². The zero-order valence-electron chi connectivity index (χ0n) is 12.9. The number of hydrogen-bond donors (Lipinski definition) is 0. The SMILES string of the molecule is CCON=CC(C)N(C(=O)CCl)c1c(OC)ncnc1OC. The number of oxime groups is 1. The highest BCUT2D eigenvalue weighted by Gasteiger charge is 2.28. The normalized spacial score (nSPS) is 12.0.